The Morgan fingerprint density at radius 1 is 0.500 bits per heavy atom. The van der Waals surface area contributed by atoms with Gasteiger partial charge in [0.05, 0.1) is 18.3 Å². The van der Waals surface area contributed by atoms with E-state index >= 15 is 0 Å². The van der Waals surface area contributed by atoms with Gasteiger partial charge in [-0.1, -0.05) is 184 Å². The Hall–Kier alpha value is -2.76. The molecule has 0 bridgehead atoms. The molecule has 0 N–H and O–H groups in total. The fraction of sp³-hybridized carbons (Fsp3) is 0.227. The summed E-state index contributed by atoms with van der Waals surface area (Å²) in [5.41, 5.74) is 16.5. The Morgan fingerprint density at radius 3 is 1.32 bits per heavy atom. The summed E-state index contributed by atoms with van der Waals surface area (Å²) >= 11 is 5.81. The van der Waals surface area contributed by atoms with E-state index in [0.717, 1.165) is 72.0 Å². The number of hydrogen-bond acceptors (Lipinski definition) is 11. The summed E-state index contributed by atoms with van der Waals surface area (Å²) in [6, 6.07) is 99.9. The summed E-state index contributed by atoms with van der Waals surface area (Å²) in [6.45, 7) is 10.5. The molecule has 0 amide bonds. The Kier molecular flexibility index (Phi) is 47.4. The molecular formula is C88H87BBrIr2K3N4O7P2-4. The van der Waals surface area contributed by atoms with Crippen LogP contribution in [0.5, 0.6) is 5.75 Å². The molecule has 20 heteroatoms. The van der Waals surface area contributed by atoms with Gasteiger partial charge in [0.1, 0.15) is 5.75 Å². The Morgan fingerprint density at radius 2 is 0.907 bits per heavy atom. The van der Waals surface area contributed by atoms with Crippen molar-refractivity contribution in [2.75, 3.05) is 7.11 Å². The summed E-state index contributed by atoms with van der Waals surface area (Å²) in [6.07, 6.45) is 21.6. The molecule has 3 fully saturated rings. The van der Waals surface area contributed by atoms with Crippen molar-refractivity contribution in [1.82, 2.24) is 19.9 Å². The van der Waals surface area contributed by atoms with Crippen LogP contribution in [-0.2, 0) is 58.8 Å². The van der Waals surface area contributed by atoms with Gasteiger partial charge in [-0.3, -0.25) is 0 Å². The molecule has 12 aromatic rings. The van der Waals surface area contributed by atoms with E-state index in [4.69, 9.17) is 28.8 Å². The van der Waals surface area contributed by atoms with E-state index in [1.807, 2.05) is 213 Å². The van der Waals surface area contributed by atoms with Crippen LogP contribution in [0, 0.1) is 31.2 Å². The molecule has 0 spiro atoms. The van der Waals surface area contributed by atoms with Gasteiger partial charge in [-0.05, 0) is 174 Å². The van der Waals surface area contributed by atoms with Crippen LogP contribution in [0.3, 0.4) is 0 Å². The molecule has 3 aliphatic rings. The van der Waals surface area contributed by atoms with Crippen molar-refractivity contribution in [1.29, 1.82) is 0 Å². The monoisotopic (exact) mass is 1970 g/mol. The van der Waals surface area contributed by atoms with Gasteiger partial charge in [0, 0.05) is 75.0 Å². The number of aryl methyl sites for hydroxylation is 1. The Labute approximate surface area is 766 Å². The first-order valence-corrected chi connectivity index (χ1v) is 55.3. The summed E-state index contributed by atoms with van der Waals surface area (Å²) in [4.78, 5) is 26.1. The first-order chi connectivity index (χ1) is 51.2. The minimum atomic E-state index is -3.15. The quantitative estimate of drug-likeness (QED) is 0.0378. The van der Waals surface area contributed by atoms with E-state index in [0.29, 0.717) is 0 Å². The largest absolute Gasteiger partial charge is 0.305 e. The van der Waals surface area contributed by atoms with Crippen LogP contribution in [-0.4, -0.2) is 120 Å². The van der Waals surface area contributed by atoms with Crippen LogP contribution >= 0.6 is 32.1 Å². The fourth-order valence-electron chi connectivity index (χ4n) is 12.3. The van der Waals surface area contributed by atoms with Crippen LogP contribution in [0.15, 0.2) is 290 Å². The maximum absolute atomic E-state index is 8.87. The zero-order valence-corrected chi connectivity index (χ0v) is 80.6. The second-order valence-electron chi connectivity index (χ2n) is 25.6. The molecule has 8 aromatic carbocycles. The maximum atomic E-state index is 8.87. The van der Waals surface area contributed by atoms with Crippen LogP contribution in [0.2, 0.25) is 0 Å². The minimum absolute atomic E-state index is 0. The molecule has 5 heterocycles. The molecule has 1 saturated heterocycles. The number of pyridine rings is 4. The predicted molar refractivity (Wildman–Crippen MR) is 433 cm³/mol. The van der Waals surface area contributed by atoms with E-state index in [2.05, 4.69) is 160 Å². The van der Waals surface area contributed by atoms with Gasteiger partial charge < -0.3 is 44.1 Å². The molecule has 2 saturated carbocycles. The van der Waals surface area contributed by atoms with Crippen LogP contribution in [0.1, 0.15) is 97.5 Å². The summed E-state index contributed by atoms with van der Waals surface area (Å²) < 4.78 is 30.4. The minimum Gasteiger partial charge on any atom is -0.305 e. The van der Waals surface area contributed by atoms with Crippen LogP contribution in [0.25, 0.3) is 67.3 Å². The predicted octanol–water partition coefficient (Wildman–Crippen LogP) is 16.6. The van der Waals surface area contributed by atoms with E-state index in [1.165, 1.54) is 155 Å². The smallest absolute Gasteiger partial charge is 0.0166 e. The molecule has 2 radical (unpaired) electrons. The third-order valence-electron chi connectivity index (χ3n) is 18.1. The van der Waals surface area contributed by atoms with Gasteiger partial charge >= 0.3 is 130 Å². The third kappa shape index (κ3) is 31.5. The van der Waals surface area contributed by atoms with Crippen LogP contribution < -0.4 is 77.0 Å². The van der Waals surface area contributed by atoms with Crippen molar-refractivity contribution in [3.63, 3.8) is 0 Å². The second kappa shape index (κ2) is 53.4. The SMILES string of the molecule is Brc1ccccc1.CC1(C)OB(c2ccnc(-c3[c-]cccc3)c2)OC1(C)C.COc1cccc(C)c1-c1ccccc1P(C1CCCCC1)C1CCCCC1.O=[P+]([O-])O[O-].[Ir].[Ir].[K+].[K][K].[c-]1ccccc1-c1cc(-c2ccccc2)ccn1.[c-]1ccccc1-c1ccccn1.[c-]1ccccc1-c1ccccn1. The average Bonchev–Trinajstić information content (AvgIpc) is 1.45. The molecular weight excluding hydrogens is 1880 g/mol. The summed E-state index contributed by atoms with van der Waals surface area (Å²) in [5.74, 6) is 1.02. The van der Waals surface area contributed by atoms with Crippen molar-refractivity contribution >= 4 is 113 Å². The number of hydrogen-bond donors (Lipinski definition) is 0. The van der Waals surface area contributed by atoms with E-state index in [-0.39, 0.29) is 118 Å². The van der Waals surface area contributed by atoms with Crippen molar-refractivity contribution < 1.29 is 125 Å². The number of rotatable bonds is 12. The van der Waals surface area contributed by atoms with Crippen molar-refractivity contribution in [2.45, 2.75) is 121 Å². The molecule has 1 aliphatic heterocycles. The van der Waals surface area contributed by atoms with Gasteiger partial charge in [-0.2, -0.15) is 0 Å². The molecule has 2 aliphatic carbocycles. The average molecular weight is 1970 g/mol. The fourth-order valence-corrected chi connectivity index (χ4v) is 16.5. The molecule has 546 valence electrons. The van der Waals surface area contributed by atoms with Gasteiger partial charge in [0.25, 0.3) is 0 Å². The zero-order chi connectivity index (χ0) is 74.5. The first-order valence-electron chi connectivity index (χ1n) is 35.9. The number of aromatic nitrogens is 4. The zero-order valence-electron chi connectivity index (χ0n) is 63.0. The number of halogens is 1. The summed E-state index contributed by atoms with van der Waals surface area (Å²) in [5, 5.41) is 10.2. The third-order valence-corrected chi connectivity index (χ3v) is 22.3. The number of benzene rings is 8. The standard InChI is InChI=1S/C26H35OP.C17H19BNO2.C17H12N.2C11H8N.C6H5Br.2Ir.3K.HO4P/c1-20-12-11-18-24(27-2)26(20)23-17-9-10-19-25(23)28(21-13-5-3-6-14-21)22-15-7-4-8-16-22;1-16(2)17(3,4)21-18(20-16)14-10-11-19-15(12-14)13-8-6-5-7-9-13;1-3-7-14(8-4-1)16-11-12-18-17(13-16)15-9-5-2-6-10-15;2*1-2-6-10(7-3-1)11-8-4-5-9-12-11;7-6-4-2-1-3-5-6;;;;;;1-4-5(2)3/h9-12,17-19,21-22H,3-8,13-16H2,1-2H3;5-8,10-12H,1-4H3;1-9,11-13H;2*1-6,8-9H;1-5H;;;;;;1H/q;4*-1;;;;;;+1;/p-1. The first kappa shape index (κ1) is 95.8. The number of methoxy groups -OCH3 is 1. The molecule has 15 rings (SSSR count). The Bertz CT molecular complexity index is 4200. The Balaban J connectivity index is 0.000000236. The van der Waals surface area contributed by atoms with Crippen LogP contribution in [0.4, 0.5) is 0 Å². The molecule has 1 unspecified atom stereocenters. The molecule has 1 atom stereocenters. The van der Waals surface area contributed by atoms with Gasteiger partial charge in [0.15, 0.2) is 0 Å². The number of nitrogens with zero attached hydrogens (tertiary/aromatic N) is 4. The van der Waals surface area contributed by atoms with Crippen molar-refractivity contribution in [3.05, 3.63) is 320 Å². The maximum Gasteiger partial charge on any atom is 0.0166 e. The van der Waals surface area contributed by atoms with Crippen molar-refractivity contribution in [2.24, 2.45) is 0 Å². The topological polar surface area (TPSA) is 152 Å². The van der Waals surface area contributed by atoms with E-state index in [1.54, 1.807) is 23.9 Å². The summed E-state index contributed by atoms with van der Waals surface area (Å²) in [7, 11) is -1.82. The molecule has 108 heavy (non-hydrogen) atoms. The molecule has 11 nitrogen and oxygen atoms in total. The van der Waals surface area contributed by atoms with E-state index in [9.17, 15) is 0 Å². The van der Waals surface area contributed by atoms with Gasteiger partial charge in [-0.15, -0.1) is 144 Å². The van der Waals surface area contributed by atoms with Crippen molar-refractivity contribution in [3.8, 4) is 73.0 Å². The number of ether oxygens (including phenoxy) is 1. The van der Waals surface area contributed by atoms with Gasteiger partial charge in [0.2, 0.25) is 0 Å². The second-order valence-corrected chi connectivity index (χ2v) is 29.9. The van der Waals surface area contributed by atoms with Gasteiger partial charge in [-0.25, -0.2) is 4.67 Å². The normalized spacial score (nSPS) is 13.8. The molecule has 4 aromatic heterocycles. The van der Waals surface area contributed by atoms with E-state index < -0.39 is 8.25 Å².